The minimum atomic E-state index is -0.552. The van der Waals surface area contributed by atoms with Gasteiger partial charge >= 0.3 is 11.9 Å². The largest absolute Gasteiger partial charge is 0.462 e. The van der Waals surface area contributed by atoms with E-state index in [2.05, 4.69) is 106 Å². The molecule has 72 heavy (non-hydrogen) atoms. The van der Waals surface area contributed by atoms with Gasteiger partial charge in [0.25, 0.3) is 0 Å². The van der Waals surface area contributed by atoms with Crippen LogP contribution in [0.1, 0.15) is 303 Å². The zero-order chi connectivity index (χ0) is 52.0. The fraction of sp³-hybridized carbons (Fsp3) is 0.761. The van der Waals surface area contributed by atoms with Crippen LogP contribution >= 0.6 is 0 Å². The van der Waals surface area contributed by atoms with E-state index in [1.165, 1.54) is 180 Å². The van der Waals surface area contributed by atoms with Crippen LogP contribution in [0.3, 0.4) is 0 Å². The smallest absolute Gasteiger partial charge is 0.306 e. The molecule has 0 saturated heterocycles. The third-order valence-electron chi connectivity index (χ3n) is 13.4. The summed E-state index contributed by atoms with van der Waals surface area (Å²) in [6, 6.07) is 0. The maximum absolute atomic E-state index is 12.9. The predicted octanol–water partition coefficient (Wildman–Crippen LogP) is 21.6. The van der Waals surface area contributed by atoms with E-state index in [-0.39, 0.29) is 25.2 Å². The van der Waals surface area contributed by atoms with Gasteiger partial charge in [-0.2, -0.15) is 0 Å². The highest BCUT2D eigenvalue weighted by molar-refractivity contribution is 5.70. The van der Waals surface area contributed by atoms with Crippen LogP contribution in [0.25, 0.3) is 0 Å². The van der Waals surface area contributed by atoms with Crippen molar-refractivity contribution in [2.24, 2.45) is 0 Å². The summed E-state index contributed by atoms with van der Waals surface area (Å²) in [5.41, 5.74) is 0. The number of carbonyl (C=O) groups excluding carboxylic acids is 2. The topological polar surface area (TPSA) is 61.8 Å². The van der Waals surface area contributed by atoms with Crippen molar-refractivity contribution in [3.05, 3.63) is 85.1 Å². The second kappa shape index (κ2) is 62.4. The van der Waals surface area contributed by atoms with Crippen LogP contribution < -0.4 is 0 Å². The molecule has 0 aromatic heterocycles. The van der Waals surface area contributed by atoms with Crippen LogP contribution in [0.4, 0.5) is 0 Å². The number of hydrogen-bond acceptors (Lipinski definition) is 5. The Morgan fingerprint density at radius 3 is 1.04 bits per heavy atom. The highest BCUT2D eigenvalue weighted by Crippen LogP contribution is 2.15. The molecule has 5 nitrogen and oxygen atoms in total. The van der Waals surface area contributed by atoms with E-state index >= 15 is 0 Å². The quantitative estimate of drug-likeness (QED) is 0.0345. The van der Waals surface area contributed by atoms with Crippen LogP contribution in [-0.2, 0) is 23.8 Å². The number of hydrogen-bond donors (Lipinski definition) is 0. The molecule has 1 atom stereocenters. The fourth-order valence-corrected chi connectivity index (χ4v) is 8.76. The van der Waals surface area contributed by atoms with Crippen molar-refractivity contribution < 1.29 is 23.8 Å². The molecule has 0 saturated carbocycles. The zero-order valence-corrected chi connectivity index (χ0v) is 47.9. The monoisotopic (exact) mass is 1000 g/mol. The van der Waals surface area contributed by atoms with Crippen LogP contribution in [0.15, 0.2) is 85.1 Å². The molecule has 0 spiro atoms. The normalized spacial score (nSPS) is 12.8. The van der Waals surface area contributed by atoms with E-state index in [1.54, 1.807) is 0 Å². The van der Waals surface area contributed by atoms with Gasteiger partial charge in [0.05, 0.1) is 6.61 Å². The second-order valence-electron chi connectivity index (χ2n) is 20.6. The fourth-order valence-electron chi connectivity index (χ4n) is 8.76. The first-order valence-electron chi connectivity index (χ1n) is 31.1. The maximum atomic E-state index is 12.9. The number of esters is 2. The van der Waals surface area contributed by atoms with Gasteiger partial charge in [-0.25, -0.2) is 0 Å². The molecule has 0 heterocycles. The minimum Gasteiger partial charge on any atom is -0.462 e. The molecule has 0 aliphatic heterocycles. The van der Waals surface area contributed by atoms with E-state index in [9.17, 15) is 9.59 Å². The molecule has 416 valence electrons. The summed E-state index contributed by atoms with van der Waals surface area (Å²) in [5, 5.41) is 0. The Morgan fingerprint density at radius 2 is 0.625 bits per heavy atom. The molecule has 0 radical (unpaired) electrons. The van der Waals surface area contributed by atoms with Crippen LogP contribution in [0, 0.1) is 0 Å². The van der Waals surface area contributed by atoms with Gasteiger partial charge in [-0.1, -0.05) is 260 Å². The van der Waals surface area contributed by atoms with E-state index in [1.807, 2.05) is 0 Å². The lowest BCUT2D eigenvalue weighted by Gasteiger charge is -2.18. The first-order valence-corrected chi connectivity index (χ1v) is 31.1. The molecule has 0 N–H and O–H groups in total. The molecule has 0 aliphatic carbocycles. The highest BCUT2D eigenvalue weighted by Gasteiger charge is 2.17. The Balaban J connectivity index is 4.31. The van der Waals surface area contributed by atoms with E-state index in [4.69, 9.17) is 14.2 Å². The average Bonchev–Trinajstić information content (AvgIpc) is 3.38. The van der Waals surface area contributed by atoms with Gasteiger partial charge in [0.1, 0.15) is 6.61 Å². The lowest BCUT2D eigenvalue weighted by Crippen LogP contribution is -2.30. The third kappa shape index (κ3) is 59.6. The summed E-state index contributed by atoms with van der Waals surface area (Å²) in [5.74, 6) is -0.414. The molecule has 0 aliphatic rings. The molecule has 0 rings (SSSR count). The SMILES string of the molecule is CC/C=C\C/C=C\C/C=C\C/C=C\CCCCCCCCC(=O)OCC(COCCCCCCCCCCCC/C=C\CCCCCCCC)OC(=O)CCCCCCCCC/C=C\C/C=C\CCCCC. The molecule has 0 fully saturated rings. The van der Waals surface area contributed by atoms with Gasteiger partial charge < -0.3 is 14.2 Å². The van der Waals surface area contributed by atoms with Gasteiger partial charge in [0, 0.05) is 19.4 Å². The summed E-state index contributed by atoms with van der Waals surface area (Å²) in [4.78, 5) is 25.6. The van der Waals surface area contributed by atoms with Crippen LogP contribution in [0.2, 0.25) is 0 Å². The molecular weight excluding hydrogens is 885 g/mol. The van der Waals surface area contributed by atoms with Crippen molar-refractivity contribution in [1.29, 1.82) is 0 Å². The second-order valence-corrected chi connectivity index (χ2v) is 20.6. The lowest BCUT2D eigenvalue weighted by atomic mass is 10.1. The van der Waals surface area contributed by atoms with Crippen molar-refractivity contribution in [2.75, 3.05) is 19.8 Å². The van der Waals surface area contributed by atoms with Gasteiger partial charge in [0.2, 0.25) is 0 Å². The molecule has 0 bridgehead atoms. The summed E-state index contributed by atoms with van der Waals surface area (Å²) in [6.45, 7) is 7.70. The summed E-state index contributed by atoms with van der Waals surface area (Å²) < 4.78 is 17.5. The Hall–Kier alpha value is -2.92. The van der Waals surface area contributed by atoms with Crippen LogP contribution in [0.5, 0.6) is 0 Å². The van der Waals surface area contributed by atoms with Crippen molar-refractivity contribution >= 4 is 11.9 Å². The number of ether oxygens (including phenoxy) is 3. The van der Waals surface area contributed by atoms with Gasteiger partial charge in [-0.15, -0.1) is 0 Å². The molecule has 0 aromatic carbocycles. The summed E-state index contributed by atoms with van der Waals surface area (Å²) in [7, 11) is 0. The number of unbranched alkanes of at least 4 members (excludes halogenated alkanes) is 32. The first-order chi connectivity index (χ1) is 35.6. The Morgan fingerprint density at radius 1 is 0.319 bits per heavy atom. The number of carbonyl (C=O) groups is 2. The van der Waals surface area contributed by atoms with E-state index < -0.39 is 6.10 Å². The summed E-state index contributed by atoms with van der Waals surface area (Å²) in [6.07, 6.45) is 83.3. The van der Waals surface area contributed by atoms with Gasteiger partial charge in [-0.05, 0) is 116 Å². The molecule has 1 unspecified atom stereocenters. The predicted molar refractivity (Wildman–Crippen MR) is 316 cm³/mol. The van der Waals surface area contributed by atoms with Crippen molar-refractivity contribution in [3.63, 3.8) is 0 Å². The summed E-state index contributed by atoms with van der Waals surface area (Å²) >= 11 is 0. The van der Waals surface area contributed by atoms with Crippen molar-refractivity contribution in [2.45, 2.75) is 309 Å². The first kappa shape index (κ1) is 69.1. The average molecular weight is 1000 g/mol. The highest BCUT2D eigenvalue weighted by atomic mass is 16.6. The van der Waals surface area contributed by atoms with E-state index in [0.29, 0.717) is 19.4 Å². The van der Waals surface area contributed by atoms with Crippen molar-refractivity contribution in [1.82, 2.24) is 0 Å². The maximum Gasteiger partial charge on any atom is 0.306 e. The molecule has 5 heteroatoms. The Bertz CT molecular complexity index is 1320. The third-order valence-corrected chi connectivity index (χ3v) is 13.4. The Labute approximate surface area is 448 Å². The van der Waals surface area contributed by atoms with Gasteiger partial charge in [0.15, 0.2) is 6.10 Å². The number of rotatable bonds is 57. The lowest BCUT2D eigenvalue weighted by molar-refractivity contribution is -0.163. The van der Waals surface area contributed by atoms with Crippen molar-refractivity contribution in [3.8, 4) is 0 Å². The Kier molecular flexibility index (Phi) is 59.8. The van der Waals surface area contributed by atoms with Crippen LogP contribution in [-0.4, -0.2) is 37.9 Å². The zero-order valence-electron chi connectivity index (χ0n) is 47.9. The number of allylic oxidation sites excluding steroid dienone is 14. The molecule has 0 amide bonds. The molecule has 0 aromatic rings. The van der Waals surface area contributed by atoms with E-state index in [0.717, 1.165) is 89.9 Å². The van der Waals surface area contributed by atoms with Gasteiger partial charge in [-0.3, -0.25) is 9.59 Å². The standard InChI is InChI=1S/C67H118O5/c1-4-7-10-13-16-19-22-25-28-31-33-35-38-41-44-47-50-53-56-59-62-70-63-65(72-67(69)61-58-55-52-49-46-43-40-36-30-27-24-21-18-15-12-9-6-3)64-71-66(68)60-57-54-51-48-45-42-39-37-34-32-29-26-23-20-17-14-11-8-5-2/h8,11,17-18,20-21,25-30,34,37,65H,4-7,9-10,12-16,19,22-24,31-33,35-36,38-64H2,1-3H3/b11-8-,20-17-,21-18-,28-25-,29-26-,30-27-,37-34-. The minimum absolute atomic E-state index is 0.0722. The molecular formula is C67H118O5.